The molecule has 152 valence electrons. The molecule has 0 atom stereocenters. The van der Waals surface area contributed by atoms with Gasteiger partial charge in [0.15, 0.2) is 11.5 Å². The number of likely N-dealkylation sites (N-methyl/N-ethyl adjacent to an activating group) is 1. The molecule has 1 aromatic heterocycles. The standard InChI is InChI=1S/C22H30N2O3S/c1-23(10-5-17-7-12-28-16-17)8-4-9-24-11-6-18-13-20(26-2)21(27-3)14-19(18)15-22(24)25/h7,12-14,16H,4-6,8-11,15H2,1-3H3. The van der Waals surface area contributed by atoms with Crippen LogP contribution in [0.3, 0.4) is 0 Å². The van der Waals surface area contributed by atoms with Gasteiger partial charge in [-0.2, -0.15) is 11.3 Å². The maximum Gasteiger partial charge on any atom is 0.227 e. The second-order valence-corrected chi connectivity index (χ2v) is 8.10. The Morgan fingerprint density at radius 3 is 2.57 bits per heavy atom. The number of fused-ring (bicyclic) bond motifs is 1. The molecule has 1 aliphatic heterocycles. The first-order valence-electron chi connectivity index (χ1n) is 9.82. The molecule has 0 bridgehead atoms. The van der Waals surface area contributed by atoms with Crippen LogP contribution in [0.4, 0.5) is 0 Å². The van der Waals surface area contributed by atoms with Crippen molar-refractivity contribution in [3.8, 4) is 11.5 Å². The summed E-state index contributed by atoms with van der Waals surface area (Å²) in [5, 5.41) is 4.34. The summed E-state index contributed by atoms with van der Waals surface area (Å²) in [6.45, 7) is 3.63. The second kappa shape index (κ2) is 9.94. The number of methoxy groups -OCH3 is 2. The number of amides is 1. The van der Waals surface area contributed by atoms with E-state index in [0.29, 0.717) is 12.2 Å². The van der Waals surface area contributed by atoms with Crippen LogP contribution in [0.1, 0.15) is 23.1 Å². The van der Waals surface area contributed by atoms with E-state index in [-0.39, 0.29) is 5.91 Å². The van der Waals surface area contributed by atoms with E-state index in [2.05, 4.69) is 28.8 Å². The zero-order chi connectivity index (χ0) is 19.9. The van der Waals surface area contributed by atoms with E-state index in [1.54, 1.807) is 25.6 Å². The molecule has 1 amide bonds. The fourth-order valence-electron chi connectivity index (χ4n) is 3.65. The number of ether oxygens (including phenoxy) is 2. The average Bonchev–Trinajstić information content (AvgIpc) is 3.17. The van der Waals surface area contributed by atoms with Gasteiger partial charge >= 0.3 is 0 Å². The Hall–Kier alpha value is -2.05. The van der Waals surface area contributed by atoms with Gasteiger partial charge < -0.3 is 19.3 Å². The lowest BCUT2D eigenvalue weighted by Crippen LogP contribution is -2.35. The van der Waals surface area contributed by atoms with Gasteiger partial charge in [0.05, 0.1) is 20.6 Å². The average molecular weight is 403 g/mol. The van der Waals surface area contributed by atoms with Gasteiger partial charge in [-0.15, -0.1) is 0 Å². The summed E-state index contributed by atoms with van der Waals surface area (Å²) < 4.78 is 10.8. The van der Waals surface area contributed by atoms with Crippen molar-refractivity contribution in [1.29, 1.82) is 0 Å². The largest absolute Gasteiger partial charge is 0.493 e. The number of benzene rings is 1. The Balaban J connectivity index is 1.50. The van der Waals surface area contributed by atoms with Crippen LogP contribution in [0.5, 0.6) is 11.5 Å². The van der Waals surface area contributed by atoms with E-state index in [4.69, 9.17) is 9.47 Å². The molecule has 0 saturated carbocycles. The van der Waals surface area contributed by atoms with Crippen LogP contribution < -0.4 is 9.47 Å². The third kappa shape index (κ3) is 5.26. The maximum atomic E-state index is 12.7. The topological polar surface area (TPSA) is 42.0 Å². The first-order valence-corrected chi connectivity index (χ1v) is 10.8. The molecule has 0 N–H and O–H groups in total. The summed E-state index contributed by atoms with van der Waals surface area (Å²) in [4.78, 5) is 17.1. The fraction of sp³-hybridized carbons (Fsp3) is 0.500. The molecule has 28 heavy (non-hydrogen) atoms. The third-order valence-electron chi connectivity index (χ3n) is 5.38. The van der Waals surface area contributed by atoms with Gasteiger partial charge in [0.1, 0.15) is 0 Å². The predicted molar refractivity (Wildman–Crippen MR) is 114 cm³/mol. The van der Waals surface area contributed by atoms with Crippen LogP contribution in [0.25, 0.3) is 0 Å². The zero-order valence-electron chi connectivity index (χ0n) is 17.1. The van der Waals surface area contributed by atoms with E-state index >= 15 is 0 Å². The number of nitrogens with zero attached hydrogens (tertiary/aromatic N) is 2. The Labute approximate surface area is 171 Å². The van der Waals surface area contributed by atoms with Gasteiger partial charge in [-0.1, -0.05) is 0 Å². The highest BCUT2D eigenvalue weighted by Gasteiger charge is 2.22. The number of thiophene rings is 1. The SMILES string of the molecule is COc1cc2c(cc1OC)CC(=O)N(CCCN(C)CCc1ccsc1)CC2. The van der Waals surface area contributed by atoms with Gasteiger partial charge in [-0.25, -0.2) is 0 Å². The Morgan fingerprint density at radius 2 is 1.89 bits per heavy atom. The highest BCUT2D eigenvalue weighted by molar-refractivity contribution is 7.07. The van der Waals surface area contributed by atoms with Crippen molar-refractivity contribution in [1.82, 2.24) is 9.80 Å². The molecule has 1 aliphatic rings. The van der Waals surface area contributed by atoms with Crippen LogP contribution in [0, 0.1) is 0 Å². The summed E-state index contributed by atoms with van der Waals surface area (Å²) >= 11 is 1.75. The normalized spacial score (nSPS) is 14.1. The molecule has 6 heteroatoms. The predicted octanol–water partition coefficient (Wildman–Crippen LogP) is 3.26. The first kappa shape index (κ1) is 20.7. The lowest BCUT2D eigenvalue weighted by atomic mass is 10.0. The van der Waals surface area contributed by atoms with E-state index in [0.717, 1.165) is 56.8 Å². The first-order chi connectivity index (χ1) is 13.6. The minimum atomic E-state index is 0.201. The molecule has 2 aromatic rings. The molecule has 3 rings (SSSR count). The molecule has 0 fully saturated rings. The van der Waals surface area contributed by atoms with Gasteiger partial charge in [-0.05, 0) is 78.5 Å². The van der Waals surface area contributed by atoms with Crippen LogP contribution in [-0.4, -0.2) is 63.2 Å². The Bertz CT molecular complexity index is 776. The molecule has 1 aromatic carbocycles. The summed E-state index contributed by atoms with van der Waals surface area (Å²) in [5.74, 6) is 1.62. The lowest BCUT2D eigenvalue weighted by molar-refractivity contribution is -0.130. The van der Waals surface area contributed by atoms with Crippen LogP contribution in [0.2, 0.25) is 0 Å². The number of carbonyl (C=O) groups excluding carboxylic acids is 1. The molecular formula is C22H30N2O3S. The smallest absolute Gasteiger partial charge is 0.227 e. The number of carbonyl (C=O) groups is 1. The molecule has 5 nitrogen and oxygen atoms in total. The van der Waals surface area contributed by atoms with E-state index in [9.17, 15) is 4.79 Å². The Kier molecular flexibility index (Phi) is 7.34. The van der Waals surface area contributed by atoms with Crippen LogP contribution in [-0.2, 0) is 24.1 Å². The highest BCUT2D eigenvalue weighted by atomic mass is 32.1. The third-order valence-corrected chi connectivity index (χ3v) is 6.11. The van der Waals surface area contributed by atoms with E-state index in [1.165, 1.54) is 11.1 Å². The van der Waals surface area contributed by atoms with E-state index in [1.807, 2.05) is 17.0 Å². The quantitative estimate of drug-likeness (QED) is 0.646. The van der Waals surface area contributed by atoms with Gasteiger partial charge in [0.2, 0.25) is 5.91 Å². The van der Waals surface area contributed by atoms with Gasteiger partial charge in [0.25, 0.3) is 0 Å². The molecule has 2 heterocycles. The van der Waals surface area contributed by atoms with Crippen LogP contribution in [0.15, 0.2) is 29.0 Å². The summed E-state index contributed by atoms with van der Waals surface area (Å²) in [6, 6.07) is 6.16. The minimum Gasteiger partial charge on any atom is -0.493 e. The van der Waals surface area contributed by atoms with E-state index < -0.39 is 0 Å². The number of hydrogen-bond acceptors (Lipinski definition) is 5. The minimum absolute atomic E-state index is 0.201. The molecule has 0 saturated heterocycles. The van der Waals surface area contributed by atoms with Crippen molar-refractivity contribution in [2.24, 2.45) is 0 Å². The summed E-state index contributed by atoms with van der Waals surface area (Å²) in [6.07, 6.45) is 3.37. The lowest BCUT2D eigenvalue weighted by Gasteiger charge is -2.22. The highest BCUT2D eigenvalue weighted by Crippen LogP contribution is 2.32. The van der Waals surface area contributed by atoms with Crippen LogP contribution >= 0.6 is 11.3 Å². The van der Waals surface area contributed by atoms with Gasteiger partial charge in [0, 0.05) is 19.6 Å². The van der Waals surface area contributed by atoms with Gasteiger partial charge in [-0.3, -0.25) is 4.79 Å². The number of hydrogen-bond donors (Lipinski definition) is 0. The number of rotatable bonds is 9. The molecule has 0 aliphatic carbocycles. The van der Waals surface area contributed by atoms with Crippen molar-refractivity contribution < 1.29 is 14.3 Å². The fourth-order valence-corrected chi connectivity index (χ4v) is 4.35. The molecule has 0 unspecified atom stereocenters. The van der Waals surface area contributed by atoms with Crippen molar-refractivity contribution in [3.05, 3.63) is 45.6 Å². The second-order valence-electron chi connectivity index (χ2n) is 7.32. The van der Waals surface area contributed by atoms with Crippen molar-refractivity contribution in [3.63, 3.8) is 0 Å². The van der Waals surface area contributed by atoms with Crippen molar-refractivity contribution in [2.75, 3.05) is 47.4 Å². The molecular weight excluding hydrogens is 372 g/mol. The van der Waals surface area contributed by atoms with Crippen molar-refractivity contribution in [2.45, 2.75) is 25.7 Å². The van der Waals surface area contributed by atoms with Crippen molar-refractivity contribution >= 4 is 17.2 Å². The molecule has 0 spiro atoms. The molecule has 0 radical (unpaired) electrons. The maximum absolute atomic E-state index is 12.7. The summed E-state index contributed by atoms with van der Waals surface area (Å²) in [7, 11) is 5.43. The Morgan fingerprint density at radius 1 is 1.14 bits per heavy atom. The summed E-state index contributed by atoms with van der Waals surface area (Å²) in [5.41, 5.74) is 3.64. The zero-order valence-corrected chi connectivity index (χ0v) is 17.9. The monoisotopic (exact) mass is 402 g/mol.